The largest absolute Gasteiger partial charge is 0.465 e. The fourth-order valence-electron chi connectivity index (χ4n) is 4.04. The molecule has 3 aromatic rings. The number of carbonyl (C=O) groups excluding carboxylic acids is 2. The predicted molar refractivity (Wildman–Crippen MR) is 117 cm³/mol. The van der Waals surface area contributed by atoms with E-state index in [1.54, 1.807) is 6.26 Å². The summed E-state index contributed by atoms with van der Waals surface area (Å²) in [5.74, 6) is 0.910. The van der Waals surface area contributed by atoms with Gasteiger partial charge in [-0.25, -0.2) is 4.98 Å². The van der Waals surface area contributed by atoms with E-state index >= 15 is 0 Å². The minimum atomic E-state index is -0.137. The number of para-hydroxylation sites is 1. The number of allylic oxidation sites excluding steroid dienone is 1. The zero-order valence-electron chi connectivity index (χ0n) is 17.2. The summed E-state index contributed by atoms with van der Waals surface area (Å²) in [5.41, 5.74) is 4.40. The monoisotopic (exact) mass is 403 g/mol. The summed E-state index contributed by atoms with van der Waals surface area (Å²) in [5, 5.41) is 6.50. The van der Waals surface area contributed by atoms with E-state index in [9.17, 15) is 9.59 Å². The molecule has 1 unspecified atom stereocenters. The van der Waals surface area contributed by atoms with Crippen LogP contribution >= 0.6 is 0 Å². The predicted octanol–water partition coefficient (Wildman–Crippen LogP) is 3.82. The van der Waals surface area contributed by atoms with Crippen LogP contribution in [0.2, 0.25) is 0 Å². The molecule has 6 nitrogen and oxygen atoms in total. The molecular formula is C24H25N3O3. The Morgan fingerprint density at radius 1 is 1.13 bits per heavy atom. The Balaban J connectivity index is 1.78. The Morgan fingerprint density at radius 3 is 2.70 bits per heavy atom. The number of nitrogens with zero attached hydrogens (tertiary/aromatic N) is 1. The van der Waals surface area contributed by atoms with Crippen LogP contribution in [0.3, 0.4) is 0 Å². The molecule has 0 saturated carbocycles. The molecule has 0 bridgehead atoms. The fourth-order valence-corrected chi connectivity index (χ4v) is 4.04. The maximum atomic E-state index is 13.2. The normalized spacial score (nSPS) is 17.0. The van der Waals surface area contributed by atoms with Crippen molar-refractivity contribution in [1.82, 2.24) is 15.6 Å². The molecular weight excluding hydrogens is 378 g/mol. The summed E-state index contributed by atoms with van der Waals surface area (Å²) in [7, 11) is 0. The topological polar surface area (TPSA) is 84.2 Å². The number of carbonyl (C=O) groups is 2. The highest BCUT2D eigenvalue weighted by Gasteiger charge is 2.28. The van der Waals surface area contributed by atoms with E-state index < -0.39 is 0 Å². The molecule has 1 aromatic carbocycles. The first-order valence-corrected chi connectivity index (χ1v) is 10.2. The van der Waals surface area contributed by atoms with E-state index in [0.29, 0.717) is 24.6 Å². The van der Waals surface area contributed by atoms with Gasteiger partial charge in [-0.15, -0.1) is 0 Å². The van der Waals surface area contributed by atoms with Crippen molar-refractivity contribution in [3.05, 3.63) is 65.2 Å². The van der Waals surface area contributed by atoms with Crippen molar-refractivity contribution in [2.24, 2.45) is 5.92 Å². The summed E-state index contributed by atoms with van der Waals surface area (Å²) < 4.78 is 5.52. The van der Waals surface area contributed by atoms with E-state index in [1.807, 2.05) is 42.5 Å². The Morgan fingerprint density at radius 2 is 1.93 bits per heavy atom. The van der Waals surface area contributed by atoms with Crippen molar-refractivity contribution in [2.45, 2.75) is 26.7 Å². The summed E-state index contributed by atoms with van der Waals surface area (Å²) in [6.45, 7) is 4.41. The lowest BCUT2D eigenvalue weighted by Crippen LogP contribution is -2.34. The van der Waals surface area contributed by atoms with Crippen molar-refractivity contribution >= 4 is 34.4 Å². The highest BCUT2D eigenvalue weighted by molar-refractivity contribution is 6.09. The maximum Gasteiger partial charge on any atom is 0.252 e. The molecule has 0 aliphatic heterocycles. The van der Waals surface area contributed by atoms with Crippen LogP contribution in [0, 0.1) is 5.92 Å². The summed E-state index contributed by atoms with van der Waals surface area (Å²) in [4.78, 5) is 29.2. The van der Waals surface area contributed by atoms with Crippen LogP contribution in [0.25, 0.3) is 22.6 Å². The number of fused-ring (bicyclic) bond motifs is 2. The summed E-state index contributed by atoms with van der Waals surface area (Å²) >= 11 is 0. The quantitative estimate of drug-likeness (QED) is 0.635. The summed E-state index contributed by atoms with van der Waals surface area (Å²) in [6.07, 6.45) is 5.34. The number of amides is 2. The lowest BCUT2D eigenvalue weighted by Gasteiger charge is -2.26. The molecule has 0 fully saturated rings. The zero-order chi connectivity index (χ0) is 21.1. The second-order valence-corrected chi connectivity index (χ2v) is 7.77. The Hall–Kier alpha value is -3.41. The van der Waals surface area contributed by atoms with Crippen LogP contribution in [0.1, 0.15) is 47.6 Å². The Kier molecular flexibility index (Phi) is 5.65. The van der Waals surface area contributed by atoms with Crippen molar-refractivity contribution in [1.29, 1.82) is 0 Å². The maximum absolute atomic E-state index is 13.2. The molecule has 2 heterocycles. The standard InChI is InChI=1S/C24H25N3O3/c1-15-12-17(14-18-6-5-11-30-18)23-20(13-15)22(19-7-3-4-8-21(19)27-23)24(29)26-10-9-25-16(2)28/h3-8,11,14-15H,9-10,12-13H2,1-2H3,(H,25,28)(H,26,29). The van der Waals surface area contributed by atoms with Gasteiger partial charge in [-0.2, -0.15) is 0 Å². The third-order valence-electron chi connectivity index (χ3n) is 5.29. The number of benzene rings is 1. The molecule has 1 aliphatic carbocycles. The molecule has 2 amide bonds. The van der Waals surface area contributed by atoms with Crippen LogP contribution in [-0.2, 0) is 11.2 Å². The van der Waals surface area contributed by atoms with E-state index in [1.165, 1.54) is 6.92 Å². The number of pyridine rings is 1. The fraction of sp³-hybridized carbons (Fsp3) is 0.292. The van der Waals surface area contributed by atoms with Gasteiger partial charge in [-0.3, -0.25) is 9.59 Å². The molecule has 30 heavy (non-hydrogen) atoms. The van der Waals surface area contributed by atoms with Crippen LogP contribution < -0.4 is 10.6 Å². The minimum absolute atomic E-state index is 0.113. The van der Waals surface area contributed by atoms with Crippen molar-refractivity contribution < 1.29 is 14.0 Å². The van der Waals surface area contributed by atoms with Gasteiger partial charge in [0.15, 0.2) is 0 Å². The highest BCUT2D eigenvalue weighted by Crippen LogP contribution is 2.38. The van der Waals surface area contributed by atoms with Crippen LogP contribution in [0.5, 0.6) is 0 Å². The molecule has 0 saturated heterocycles. The number of rotatable bonds is 5. The van der Waals surface area contributed by atoms with Crippen molar-refractivity contribution in [2.75, 3.05) is 13.1 Å². The van der Waals surface area contributed by atoms with Gasteiger partial charge in [-0.1, -0.05) is 25.1 Å². The molecule has 6 heteroatoms. The van der Waals surface area contributed by atoms with Gasteiger partial charge in [0, 0.05) is 25.4 Å². The smallest absolute Gasteiger partial charge is 0.252 e. The van der Waals surface area contributed by atoms with Gasteiger partial charge in [0.1, 0.15) is 5.76 Å². The van der Waals surface area contributed by atoms with Crippen molar-refractivity contribution in [3.8, 4) is 0 Å². The molecule has 0 radical (unpaired) electrons. The zero-order valence-corrected chi connectivity index (χ0v) is 17.2. The van der Waals surface area contributed by atoms with E-state index in [0.717, 1.165) is 46.3 Å². The third-order valence-corrected chi connectivity index (χ3v) is 5.29. The number of nitrogens with one attached hydrogen (secondary N) is 2. The molecule has 2 N–H and O–H groups in total. The average molecular weight is 403 g/mol. The number of aromatic nitrogens is 1. The van der Waals surface area contributed by atoms with Gasteiger partial charge in [-0.05, 0) is 54.2 Å². The van der Waals surface area contributed by atoms with Crippen LogP contribution in [0.4, 0.5) is 0 Å². The number of hydrogen-bond acceptors (Lipinski definition) is 4. The molecule has 0 spiro atoms. The van der Waals surface area contributed by atoms with Gasteiger partial charge < -0.3 is 15.1 Å². The second kappa shape index (κ2) is 8.53. The first-order valence-electron chi connectivity index (χ1n) is 10.2. The second-order valence-electron chi connectivity index (χ2n) is 7.77. The molecule has 1 atom stereocenters. The van der Waals surface area contributed by atoms with E-state index in [4.69, 9.17) is 9.40 Å². The van der Waals surface area contributed by atoms with Gasteiger partial charge in [0.25, 0.3) is 5.91 Å². The first-order chi connectivity index (χ1) is 14.5. The van der Waals surface area contributed by atoms with E-state index in [-0.39, 0.29) is 11.8 Å². The van der Waals surface area contributed by atoms with Gasteiger partial charge in [0.2, 0.25) is 5.91 Å². The molecule has 4 rings (SSSR count). The molecule has 2 aromatic heterocycles. The SMILES string of the molecule is CC(=O)NCCNC(=O)c1c2c(nc3ccccc13)C(=Cc1ccco1)CC(C)C2. The van der Waals surface area contributed by atoms with E-state index in [2.05, 4.69) is 17.6 Å². The van der Waals surface area contributed by atoms with Gasteiger partial charge in [0.05, 0.1) is 23.0 Å². The third kappa shape index (κ3) is 4.13. The number of furan rings is 1. The first kappa shape index (κ1) is 19.9. The van der Waals surface area contributed by atoms with Crippen molar-refractivity contribution in [3.63, 3.8) is 0 Å². The van der Waals surface area contributed by atoms with Crippen LogP contribution in [-0.4, -0.2) is 29.9 Å². The lowest BCUT2D eigenvalue weighted by atomic mass is 9.80. The Bertz CT molecular complexity index is 1120. The molecule has 1 aliphatic rings. The Labute approximate surface area is 175 Å². The molecule has 154 valence electrons. The van der Waals surface area contributed by atoms with Crippen LogP contribution in [0.15, 0.2) is 47.1 Å². The van der Waals surface area contributed by atoms with Gasteiger partial charge >= 0.3 is 0 Å². The highest BCUT2D eigenvalue weighted by atomic mass is 16.3. The lowest BCUT2D eigenvalue weighted by molar-refractivity contribution is -0.118. The minimum Gasteiger partial charge on any atom is -0.465 e. The average Bonchev–Trinajstić information content (AvgIpc) is 3.22. The summed E-state index contributed by atoms with van der Waals surface area (Å²) in [6, 6.07) is 11.5. The number of hydrogen-bond donors (Lipinski definition) is 2.